The van der Waals surface area contributed by atoms with Crippen LogP contribution >= 0.6 is 0 Å². The van der Waals surface area contributed by atoms with E-state index < -0.39 is 0 Å². The van der Waals surface area contributed by atoms with E-state index in [-0.39, 0.29) is 6.03 Å². The van der Waals surface area contributed by atoms with Gasteiger partial charge in [-0.25, -0.2) is 4.79 Å². The van der Waals surface area contributed by atoms with E-state index in [1.807, 2.05) is 66.4 Å². The third-order valence-electron chi connectivity index (χ3n) is 3.94. The van der Waals surface area contributed by atoms with Gasteiger partial charge in [-0.3, -0.25) is 0 Å². The van der Waals surface area contributed by atoms with Crippen molar-refractivity contribution in [2.24, 2.45) is 0 Å². The van der Waals surface area contributed by atoms with Gasteiger partial charge >= 0.3 is 6.03 Å². The predicted molar refractivity (Wildman–Crippen MR) is 101 cm³/mol. The van der Waals surface area contributed by atoms with Gasteiger partial charge in [-0.05, 0) is 30.0 Å². The van der Waals surface area contributed by atoms with E-state index in [0.29, 0.717) is 26.3 Å². The summed E-state index contributed by atoms with van der Waals surface area (Å²) in [6, 6.07) is 18.2. The number of hydrogen-bond acceptors (Lipinski definition) is 2. The van der Waals surface area contributed by atoms with Gasteiger partial charge in [0.15, 0.2) is 0 Å². The summed E-state index contributed by atoms with van der Waals surface area (Å²) in [5, 5.41) is 3.02. The van der Waals surface area contributed by atoms with Crippen molar-refractivity contribution in [3.63, 3.8) is 0 Å². The summed E-state index contributed by atoms with van der Waals surface area (Å²) in [4.78, 5) is 14.4. The second-order valence-electron chi connectivity index (χ2n) is 6.02. The van der Waals surface area contributed by atoms with Crippen LogP contribution < -0.4 is 5.32 Å². The maximum atomic E-state index is 12.5. The predicted octanol–water partition coefficient (Wildman–Crippen LogP) is 4.34. The third-order valence-corrected chi connectivity index (χ3v) is 3.94. The number of urea groups is 1. The average molecular weight is 340 g/mol. The van der Waals surface area contributed by atoms with E-state index in [1.165, 1.54) is 0 Å². The number of nitrogens with zero attached hydrogens (tertiary/aromatic N) is 1. The molecule has 0 saturated carbocycles. The van der Waals surface area contributed by atoms with Crippen molar-refractivity contribution >= 4 is 6.03 Å². The first-order chi connectivity index (χ1) is 12.2. The van der Waals surface area contributed by atoms with E-state index in [0.717, 1.165) is 29.7 Å². The van der Waals surface area contributed by atoms with Gasteiger partial charge in [0.25, 0.3) is 0 Å². The summed E-state index contributed by atoms with van der Waals surface area (Å²) in [5.74, 6) is 0. The van der Waals surface area contributed by atoms with Crippen LogP contribution in [0.1, 0.15) is 37.0 Å². The minimum absolute atomic E-state index is 0.0240. The second-order valence-corrected chi connectivity index (χ2v) is 6.02. The molecule has 2 rings (SSSR count). The van der Waals surface area contributed by atoms with Crippen LogP contribution in [0, 0.1) is 0 Å². The van der Waals surface area contributed by atoms with Gasteiger partial charge in [-0.15, -0.1) is 0 Å². The minimum atomic E-state index is -0.0240. The molecule has 4 nitrogen and oxygen atoms in total. The van der Waals surface area contributed by atoms with Crippen molar-refractivity contribution in [1.29, 1.82) is 0 Å². The lowest BCUT2D eigenvalue weighted by Gasteiger charge is -2.22. The molecular weight excluding hydrogens is 312 g/mol. The van der Waals surface area contributed by atoms with Crippen molar-refractivity contribution in [2.45, 2.75) is 40.0 Å². The zero-order valence-electron chi connectivity index (χ0n) is 15.2. The standard InChI is InChI=1S/C21H28N2O2/c1-3-14-23(16-19-8-6-5-7-9-19)21(24)22-15-18-10-12-20(13-11-18)17-25-4-2/h5-13H,3-4,14-17H2,1-2H3,(H,22,24). The molecule has 0 radical (unpaired) electrons. The Morgan fingerprint density at radius 2 is 1.64 bits per heavy atom. The fourth-order valence-electron chi connectivity index (χ4n) is 2.59. The SMILES string of the molecule is CCCN(Cc1ccccc1)C(=O)NCc1ccc(COCC)cc1. The highest BCUT2D eigenvalue weighted by molar-refractivity contribution is 5.74. The van der Waals surface area contributed by atoms with Crippen LogP contribution in [0.4, 0.5) is 4.79 Å². The summed E-state index contributed by atoms with van der Waals surface area (Å²) < 4.78 is 5.40. The Morgan fingerprint density at radius 1 is 0.960 bits per heavy atom. The molecule has 2 amide bonds. The molecular formula is C21H28N2O2. The van der Waals surface area contributed by atoms with Gasteiger partial charge in [-0.1, -0.05) is 61.5 Å². The fraction of sp³-hybridized carbons (Fsp3) is 0.381. The first-order valence-corrected chi connectivity index (χ1v) is 8.95. The van der Waals surface area contributed by atoms with Crippen LogP contribution in [0.3, 0.4) is 0 Å². The van der Waals surface area contributed by atoms with Crippen molar-refractivity contribution in [3.8, 4) is 0 Å². The molecule has 4 heteroatoms. The lowest BCUT2D eigenvalue weighted by Crippen LogP contribution is -2.39. The molecule has 0 unspecified atom stereocenters. The van der Waals surface area contributed by atoms with Crippen molar-refractivity contribution in [2.75, 3.05) is 13.2 Å². The Balaban J connectivity index is 1.87. The molecule has 0 saturated heterocycles. The molecule has 0 aromatic heterocycles. The number of benzene rings is 2. The Kier molecular flexibility index (Phi) is 7.99. The molecule has 0 aliphatic heterocycles. The van der Waals surface area contributed by atoms with E-state index in [9.17, 15) is 4.79 Å². The van der Waals surface area contributed by atoms with Crippen LogP contribution in [-0.2, 0) is 24.4 Å². The summed E-state index contributed by atoms with van der Waals surface area (Å²) in [5.41, 5.74) is 3.38. The quantitative estimate of drug-likeness (QED) is 0.737. The highest BCUT2D eigenvalue weighted by Gasteiger charge is 2.12. The molecule has 2 aromatic carbocycles. The second kappa shape index (κ2) is 10.5. The fourth-order valence-corrected chi connectivity index (χ4v) is 2.59. The van der Waals surface area contributed by atoms with Crippen LogP contribution in [0.25, 0.3) is 0 Å². The molecule has 0 heterocycles. The zero-order valence-corrected chi connectivity index (χ0v) is 15.2. The Labute approximate surface area is 150 Å². The molecule has 1 N–H and O–H groups in total. The normalized spacial score (nSPS) is 10.5. The first kappa shape index (κ1) is 19.0. The minimum Gasteiger partial charge on any atom is -0.377 e. The van der Waals surface area contributed by atoms with Crippen LogP contribution in [0.5, 0.6) is 0 Å². The lowest BCUT2D eigenvalue weighted by atomic mass is 10.1. The van der Waals surface area contributed by atoms with Gasteiger partial charge in [0.1, 0.15) is 0 Å². The van der Waals surface area contributed by atoms with E-state index >= 15 is 0 Å². The first-order valence-electron chi connectivity index (χ1n) is 8.95. The molecule has 134 valence electrons. The molecule has 0 aliphatic rings. The van der Waals surface area contributed by atoms with Crippen molar-refractivity contribution in [3.05, 3.63) is 71.3 Å². The van der Waals surface area contributed by atoms with Crippen molar-refractivity contribution in [1.82, 2.24) is 10.2 Å². The molecule has 0 aliphatic carbocycles. The summed E-state index contributed by atoms with van der Waals surface area (Å²) >= 11 is 0. The molecule has 0 bridgehead atoms. The van der Waals surface area contributed by atoms with Gasteiger partial charge in [0.05, 0.1) is 6.61 Å². The smallest absolute Gasteiger partial charge is 0.317 e. The molecule has 25 heavy (non-hydrogen) atoms. The van der Waals surface area contributed by atoms with E-state index in [2.05, 4.69) is 12.2 Å². The maximum absolute atomic E-state index is 12.5. The monoisotopic (exact) mass is 340 g/mol. The van der Waals surface area contributed by atoms with Gasteiger partial charge in [-0.2, -0.15) is 0 Å². The molecule has 2 aromatic rings. The Hall–Kier alpha value is -2.33. The lowest BCUT2D eigenvalue weighted by molar-refractivity contribution is 0.134. The molecule has 0 spiro atoms. The van der Waals surface area contributed by atoms with Crippen LogP contribution in [-0.4, -0.2) is 24.1 Å². The zero-order chi connectivity index (χ0) is 17.9. The van der Waals surface area contributed by atoms with Gasteiger partial charge in [0, 0.05) is 26.2 Å². The topological polar surface area (TPSA) is 41.6 Å². The number of nitrogens with one attached hydrogen (secondary N) is 1. The summed E-state index contributed by atoms with van der Waals surface area (Å²) in [7, 11) is 0. The number of hydrogen-bond donors (Lipinski definition) is 1. The van der Waals surface area contributed by atoms with E-state index in [1.54, 1.807) is 0 Å². The Bertz CT molecular complexity index is 626. The van der Waals surface area contributed by atoms with Crippen molar-refractivity contribution < 1.29 is 9.53 Å². The number of ether oxygens (including phenoxy) is 1. The average Bonchev–Trinajstić information content (AvgIpc) is 2.66. The summed E-state index contributed by atoms with van der Waals surface area (Å²) in [6.07, 6.45) is 0.937. The highest BCUT2D eigenvalue weighted by atomic mass is 16.5. The van der Waals surface area contributed by atoms with Crippen LogP contribution in [0.15, 0.2) is 54.6 Å². The highest BCUT2D eigenvalue weighted by Crippen LogP contribution is 2.08. The molecule has 0 atom stereocenters. The number of rotatable bonds is 9. The largest absolute Gasteiger partial charge is 0.377 e. The summed E-state index contributed by atoms with van der Waals surface area (Å²) in [6.45, 7) is 7.32. The maximum Gasteiger partial charge on any atom is 0.317 e. The van der Waals surface area contributed by atoms with Gasteiger partial charge in [0.2, 0.25) is 0 Å². The number of carbonyl (C=O) groups is 1. The number of carbonyl (C=O) groups excluding carboxylic acids is 1. The third kappa shape index (κ3) is 6.59. The Morgan fingerprint density at radius 3 is 2.28 bits per heavy atom. The van der Waals surface area contributed by atoms with E-state index in [4.69, 9.17) is 4.74 Å². The molecule has 0 fully saturated rings. The van der Waals surface area contributed by atoms with Crippen LogP contribution in [0.2, 0.25) is 0 Å². The number of amides is 2. The van der Waals surface area contributed by atoms with Gasteiger partial charge < -0.3 is 15.0 Å².